The summed E-state index contributed by atoms with van der Waals surface area (Å²) < 4.78 is 10.3. The number of hydrogen-bond donors (Lipinski definition) is 2. The van der Waals surface area contributed by atoms with E-state index in [4.69, 9.17) is 20.8 Å². The van der Waals surface area contributed by atoms with Crippen molar-refractivity contribution in [2.75, 3.05) is 6.61 Å². The number of amides is 4. The Labute approximate surface area is 176 Å². The van der Waals surface area contributed by atoms with E-state index in [0.717, 1.165) is 12.8 Å². The Morgan fingerprint density at radius 1 is 1.30 bits per heavy atom. The minimum atomic E-state index is -0.969. The average Bonchev–Trinajstić information content (AvgIpc) is 3.23. The number of imide groups is 1. The van der Waals surface area contributed by atoms with Crippen molar-refractivity contribution in [2.45, 2.75) is 38.1 Å². The Morgan fingerprint density at radius 3 is 2.77 bits per heavy atom. The molecule has 2 N–H and O–H groups in total. The van der Waals surface area contributed by atoms with Crippen LogP contribution in [0.5, 0.6) is 0 Å². The molecule has 0 unspecified atom stereocenters. The lowest BCUT2D eigenvalue weighted by Crippen LogP contribution is -2.52. The topological polar surface area (TPSA) is 118 Å². The fourth-order valence-corrected chi connectivity index (χ4v) is 3.97. The van der Waals surface area contributed by atoms with Gasteiger partial charge in [-0.1, -0.05) is 18.5 Å². The Balaban J connectivity index is 1.34. The second-order valence-corrected chi connectivity index (χ2v) is 8.18. The quantitative estimate of drug-likeness (QED) is 0.565. The number of furan rings is 1. The van der Waals surface area contributed by atoms with E-state index in [1.165, 1.54) is 6.07 Å². The maximum absolute atomic E-state index is 12.7. The molecule has 4 rings (SSSR count). The summed E-state index contributed by atoms with van der Waals surface area (Å²) in [6, 6.07) is 5.62. The first-order chi connectivity index (χ1) is 14.3. The molecule has 1 aromatic heterocycles. The van der Waals surface area contributed by atoms with E-state index in [1.54, 1.807) is 18.2 Å². The van der Waals surface area contributed by atoms with E-state index >= 15 is 0 Å². The minimum Gasteiger partial charge on any atom is -0.450 e. The summed E-state index contributed by atoms with van der Waals surface area (Å²) in [6.45, 7) is 1.41. The summed E-state index contributed by atoms with van der Waals surface area (Å²) >= 11 is 5.90. The molecule has 0 atom stereocenters. The summed E-state index contributed by atoms with van der Waals surface area (Å²) in [6.07, 6.45) is 2.68. The zero-order chi connectivity index (χ0) is 21.5. The average molecular weight is 434 g/mol. The fraction of sp³-hybridized carbons (Fsp3) is 0.400. The second-order valence-electron chi connectivity index (χ2n) is 7.74. The minimum absolute atomic E-state index is 0.0923. The van der Waals surface area contributed by atoms with Crippen LogP contribution in [0.4, 0.5) is 4.79 Å². The standard InChI is InChI=1S/C20H20ClN3O6/c1-11-4-6-20(7-5-11)18(27)24(19(28)22-20)23-16(25)10-29-17(26)15-9-12-8-13(21)2-3-14(12)30-15/h2-3,8-9,11H,4-7,10H2,1H3,(H,22,28)(H,23,25). The number of hydrazine groups is 1. The molecule has 2 aromatic rings. The van der Waals surface area contributed by atoms with Gasteiger partial charge < -0.3 is 14.5 Å². The number of rotatable bonds is 4. The molecule has 1 aromatic carbocycles. The molecule has 2 fully saturated rings. The van der Waals surface area contributed by atoms with Gasteiger partial charge in [0.2, 0.25) is 5.76 Å². The van der Waals surface area contributed by atoms with Gasteiger partial charge in [0.1, 0.15) is 11.1 Å². The Morgan fingerprint density at radius 2 is 2.03 bits per heavy atom. The number of fused-ring (bicyclic) bond motifs is 1. The molecule has 0 bridgehead atoms. The van der Waals surface area contributed by atoms with Crippen molar-refractivity contribution >= 4 is 46.4 Å². The van der Waals surface area contributed by atoms with E-state index in [9.17, 15) is 19.2 Å². The van der Waals surface area contributed by atoms with E-state index in [0.29, 0.717) is 39.8 Å². The number of benzene rings is 1. The van der Waals surface area contributed by atoms with E-state index in [2.05, 4.69) is 17.7 Å². The van der Waals surface area contributed by atoms with Crippen molar-refractivity contribution in [2.24, 2.45) is 5.92 Å². The third kappa shape index (κ3) is 3.72. The van der Waals surface area contributed by atoms with Crippen LogP contribution in [0.15, 0.2) is 28.7 Å². The van der Waals surface area contributed by atoms with Gasteiger partial charge in [-0.2, -0.15) is 5.01 Å². The molecule has 9 nitrogen and oxygen atoms in total. The molecule has 30 heavy (non-hydrogen) atoms. The van der Waals surface area contributed by atoms with Gasteiger partial charge in [0.15, 0.2) is 6.61 Å². The maximum atomic E-state index is 12.7. The largest absolute Gasteiger partial charge is 0.450 e. The third-order valence-corrected chi connectivity index (χ3v) is 5.78. The summed E-state index contributed by atoms with van der Waals surface area (Å²) in [5.74, 6) is -1.77. The molecule has 1 aliphatic heterocycles. The van der Waals surface area contributed by atoms with Gasteiger partial charge in [-0.3, -0.25) is 15.0 Å². The van der Waals surface area contributed by atoms with Crippen LogP contribution >= 0.6 is 11.6 Å². The highest BCUT2D eigenvalue weighted by Crippen LogP contribution is 2.35. The zero-order valence-electron chi connectivity index (χ0n) is 16.2. The van der Waals surface area contributed by atoms with Crippen LogP contribution in [-0.4, -0.2) is 41.0 Å². The van der Waals surface area contributed by atoms with Gasteiger partial charge in [-0.05, 0) is 55.9 Å². The smallest absolute Gasteiger partial charge is 0.374 e. The number of carbonyl (C=O) groups is 4. The molecule has 2 aliphatic rings. The first-order valence-electron chi connectivity index (χ1n) is 9.60. The molecule has 1 aliphatic carbocycles. The number of hydrogen-bond acceptors (Lipinski definition) is 6. The highest BCUT2D eigenvalue weighted by molar-refractivity contribution is 6.31. The van der Waals surface area contributed by atoms with Gasteiger partial charge in [0.25, 0.3) is 11.8 Å². The molecule has 2 heterocycles. The van der Waals surface area contributed by atoms with E-state index in [1.807, 2.05) is 0 Å². The van der Waals surface area contributed by atoms with Gasteiger partial charge in [0.05, 0.1) is 0 Å². The van der Waals surface area contributed by atoms with Crippen molar-refractivity contribution in [3.63, 3.8) is 0 Å². The first kappa shape index (κ1) is 20.2. The van der Waals surface area contributed by atoms with Gasteiger partial charge in [0, 0.05) is 10.4 Å². The van der Waals surface area contributed by atoms with Gasteiger partial charge in [-0.25, -0.2) is 9.59 Å². The molecule has 1 spiro atoms. The highest BCUT2D eigenvalue weighted by atomic mass is 35.5. The maximum Gasteiger partial charge on any atom is 0.374 e. The molecular weight excluding hydrogens is 414 g/mol. The van der Waals surface area contributed by atoms with Crippen LogP contribution < -0.4 is 10.7 Å². The van der Waals surface area contributed by atoms with Crippen molar-refractivity contribution in [1.29, 1.82) is 0 Å². The van der Waals surface area contributed by atoms with Crippen LogP contribution in [-0.2, 0) is 14.3 Å². The Bertz CT molecular complexity index is 1040. The number of urea groups is 1. The number of carbonyl (C=O) groups excluding carboxylic acids is 4. The molecule has 4 amide bonds. The van der Waals surface area contributed by atoms with Crippen molar-refractivity contribution < 1.29 is 28.3 Å². The predicted octanol–water partition coefficient (Wildman–Crippen LogP) is 2.77. The van der Waals surface area contributed by atoms with Crippen LogP contribution in [0.3, 0.4) is 0 Å². The van der Waals surface area contributed by atoms with Crippen molar-refractivity contribution in [3.8, 4) is 0 Å². The summed E-state index contributed by atoms with van der Waals surface area (Å²) in [5.41, 5.74) is 1.69. The fourth-order valence-electron chi connectivity index (χ4n) is 3.79. The van der Waals surface area contributed by atoms with Crippen LogP contribution in [0, 0.1) is 5.92 Å². The highest BCUT2D eigenvalue weighted by Gasteiger charge is 2.52. The molecule has 1 saturated heterocycles. The summed E-state index contributed by atoms with van der Waals surface area (Å²) in [7, 11) is 0. The number of nitrogens with zero attached hydrogens (tertiary/aromatic N) is 1. The lowest BCUT2D eigenvalue weighted by molar-refractivity contribution is -0.141. The Hall–Kier alpha value is -3.07. The summed E-state index contributed by atoms with van der Waals surface area (Å²) in [4.78, 5) is 49.2. The molecule has 158 valence electrons. The number of nitrogens with one attached hydrogen (secondary N) is 2. The normalized spacial score (nSPS) is 23.7. The SMILES string of the molecule is CC1CCC2(CC1)NC(=O)N(NC(=O)COC(=O)c1cc3cc(Cl)ccc3o1)C2=O. The lowest BCUT2D eigenvalue weighted by Gasteiger charge is -2.33. The third-order valence-electron chi connectivity index (χ3n) is 5.54. The van der Waals surface area contributed by atoms with Crippen LogP contribution in [0.1, 0.15) is 43.2 Å². The number of esters is 1. The van der Waals surface area contributed by atoms with E-state index in [-0.39, 0.29) is 5.76 Å². The lowest BCUT2D eigenvalue weighted by atomic mass is 9.77. The Kier molecular flexibility index (Phi) is 5.15. The van der Waals surface area contributed by atoms with E-state index < -0.39 is 36.0 Å². The molecular formula is C20H20ClN3O6. The molecule has 0 radical (unpaired) electrons. The number of ether oxygens (including phenoxy) is 1. The van der Waals surface area contributed by atoms with Crippen LogP contribution in [0.25, 0.3) is 11.0 Å². The second kappa shape index (κ2) is 7.64. The number of halogens is 1. The zero-order valence-corrected chi connectivity index (χ0v) is 17.0. The van der Waals surface area contributed by atoms with Gasteiger partial charge in [-0.15, -0.1) is 0 Å². The monoisotopic (exact) mass is 433 g/mol. The molecule has 1 saturated carbocycles. The van der Waals surface area contributed by atoms with Crippen molar-refractivity contribution in [1.82, 2.24) is 15.8 Å². The molecule has 10 heteroatoms. The van der Waals surface area contributed by atoms with Crippen LogP contribution in [0.2, 0.25) is 5.02 Å². The van der Waals surface area contributed by atoms with Crippen molar-refractivity contribution in [3.05, 3.63) is 35.0 Å². The first-order valence-corrected chi connectivity index (χ1v) is 9.98. The van der Waals surface area contributed by atoms with Gasteiger partial charge >= 0.3 is 12.0 Å². The predicted molar refractivity (Wildman–Crippen MR) is 105 cm³/mol. The summed E-state index contributed by atoms with van der Waals surface area (Å²) in [5, 5.41) is 4.46.